The van der Waals surface area contributed by atoms with Gasteiger partial charge < -0.3 is 9.47 Å². The largest absolute Gasteiger partial charge is 0.493 e. The number of carbonyl (C=O) groups is 1. The Morgan fingerprint density at radius 1 is 1.09 bits per heavy atom. The number of nitro groups is 2. The van der Waals surface area contributed by atoms with Gasteiger partial charge in [0.25, 0.3) is 11.4 Å². The average Bonchev–Trinajstić information content (AvgIpc) is 2.83. The number of non-ortho nitro benzene ring substituents is 1. The van der Waals surface area contributed by atoms with Crippen molar-refractivity contribution in [2.75, 3.05) is 7.11 Å². The van der Waals surface area contributed by atoms with Crippen LogP contribution in [0.15, 0.2) is 70.2 Å². The van der Waals surface area contributed by atoms with E-state index in [1.165, 1.54) is 43.7 Å². The van der Waals surface area contributed by atoms with E-state index in [0.717, 1.165) is 0 Å². The first-order valence-electron chi connectivity index (χ1n) is 10.1. The molecule has 1 N–H and O–H groups in total. The standard InChI is InChI=1S/C23H19BrN4O7/c1-34-21-11-16(13-25-26-22(29)12-17-6-2-3-8-20(17)28(32)33)10-19(24)23(21)35-14-15-5-4-7-18(9-15)27(30)31/h2-11,13H,12,14H2,1H3,(H,26,29)/b25-13+. The summed E-state index contributed by atoms with van der Waals surface area (Å²) < 4.78 is 11.7. The fourth-order valence-corrected chi connectivity index (χ4v) is 3.67. The number of halogens is 1. The summed E-state index contributed by atoms with van der Waals surface area (Å²) in [7, 11) is 1.46. The van der Waals surface area contributed by atoms with E-state index < -0.39 is 15.8 Å². The van der Waals surface area contributed by atoms with E-state index in [1.54, 1.807) is 30.3 Å². The maximum Gasteiger partial charge on any atom is 0.273 e. The SMILES string of the molecule is COc1cc(/C=N/NC(=O)Cc2ccccc2[N+](=O)[O-])cc(Br)c1OCc1cccc([N+](=O)[O-])c1. The topological polar surface area (TPSA) is 146 Å². The zero-order valence-electron chi connectivity index (χ0n) is 18.3. The van der Waals surface area contributed by atoms with Gasteiger partial charge in [-0.05, 0) is 39.2 Å². The summed E-state index contributed by atoms with van der Waals surface area (Å²) >= 11 is 3.41. The lowest BCUT2D eigenvalue weighted by atomic mass is 10.1. The molecule has 11 nitrogen and oxygen atoms in total. The molecule has 0 radical (unpaired) electrons. The van der Waals surface area contributed by atoms with Crippen LogP contribution in [0.5, 0.6) is 11.5 Å². The quantitative estimate of drug-likeness (QED) is 0.224. The van der Waals surface area contributed by atoms with Gasteiger partial charge in [0, 0.05) is 23.8 Å². The molecule has 35 heavy (non-hydrogen) atoms. The Morgan fingerprint density at radius 2 is 1.86 bits per heavy atom. The highest BCUT2D eigenvalue weighted by atomic mass is 79.9. The number of nitrogens with one attached hydrogen (secondary N) is 1. The number of amides is 1. The summed E-state index contributed by atoms with van der Waals surface area (Å²) in [5.41, 5.74) is 3.63. The number of hydrazone groups is 1. The van der Waals surface area contributed by atoms with Crippen molar-refractivity contribution < 1.29 is 24.1 Å². The number of nitro benzene ring substituents is 2. The maximum absolute atomic E-state index is 12.2. The third-order valence-electron chi connectivity index (χ3n) is 4.70. The van der Waals surface area contributed by atoms with Crippen LogP contribution < -0.4 is 14.9 Å². The fourth-order valence-electron chi connectivity index (χ4n) is 3.10. The summed E-state index contributed by atoms with van der Waals surface area (Å²) in [6, 6.07) is 15.4. The Bertz CT molecular complexity index is 1300. The van der Waals surface area contributed by atoms with E-state index in [4.69, 9.17) is 9.47 Å². The number of nitrogens with zero attached hydrogens (tertiary/aromatic N) is 3. The van der Waals surface area contributed by atoms with Crippen LogP contribution in [-0.2, 0) is 17.8 Å². The number of ether oxygens (including phenoxy) is 2. The van der Waals surface area contributed by atoms with E-state index in [2.05, 4.69) is 26.5 Å². The van der Waals surface area contributed by atoms with Gasteiger partial charge in [0.15, 0.2) is 11.5 Å². The van der Waals surface area contributed by atoms with Crippen LogP contribution in [0.3, 0.4) is 0 Å². The fraction of sp³-hybridized carbons (Fsp3) is 0.130. The summed E-state index contributed by atoms with van der Waals surface area (Å²) in [5.74, 6) is 0.243. The van der Waals surface area contributed by atoms with Gasteiger partial charge in [-0.25, -0.2) is 5.43 Å². The van der Waals surface area contributed by atoms with Crippen molar-refractivity contribution >= 4 is 39.4 Å². The Hall–Kier alpha value is -4.32. The van der Waals surface area contributed by atoms with Crippen LogP contribution in [0.2, 0.25) is 0 Å². The van der Waals surface area contributed by atoms with E-state index in [-0.39, 0.29) is 30.0 Å². The smallest absolute Gasteiger partial charge is 0.273 e. The lowest BCUT2D eigenvalue weighted by molar-refractivity contribution is -0.385. The van der Waals surface area contributed by atoms with Crippen molar-refractivity contribution in [3.05, 3.63) is 102 Å². The van der Waals surface area contributed by atoms with Gasteiger partial charge >= 0.3 is 0 Å². The van der Waals surface area contributed by atoms with Crippen LogP contribution in [0.25, 0.3) is 0 Å². The molecule has 3 aromatic carbocycles. The monoisotopic (exact) mass is 542 g/mol. The molecule has 0 fully saturated rings. The number of carbonyl (C=O) groups excluding carboxylic acids is 1. The van der Waals surface area contributed by atoms with Gasteiger partial charge in [0.1, 0.15) is 6.61 Å². The number of benzene rings is 3. The lowest BCUT2D eigenvalue weighted by Crippen LogP contribution is -2.20. The van der Waals surface area contributed by atoms with Crippen molar-refractivity contribution in [3.63, 3.8) is 0 Å². The molecule has 0 spiro atoms. The zero-order chi connectivity index (χ0) is 25.4. The Labute approximate surface area is 207 Å². The molecular weight excluding hydrogens is 524 g/mol. The highest BCUT2D eigenvalue weighted by Crippen LogP contribution is 2.37. The average molecular weight is 543 g/mol. The second-order valence-corrected chi connectivity index (χ2v) is 7.96. The number of hydrogen-bond acceptors (Lipinski definition) is 8. The molecule has 0 aliphatic rings. The minimum atomic E-state index is -0.543. The van der Waals surface area contributed by atoms with Gasteiger partial charge in [-0.15, -0.1) is 0 Å². The molecule has 0 unspecified atom stereocenters. The third kappa shape index (κ3) is 6.84. The summed E-state index contributed by atoms with van der Waals surface area (Å²) in [4.78, 5) is 33.2. The van der Waals surface area contributed by atoms with Crippen LogP contribution in [0.1, 0.15) is 16.7 Å². The normalized spacial score (nSPS) is 10.7. The van der Waals surface area contributed by atoms with Crippen LogP contribution >= 0.6 is 15.9 Å². The summed E-state index contributed by atoms with van der Waals surface area (Å²) in [6.07, 6.45) is 1.18. The number of rotatable bonds is 10. The molecule has 0 aliphatic heterocycles. The number of hydrogen-bond donors (Lipinski definition) is 1. The van der Waals surface area contributed by atoms with Crippen molar-refractivity contribution in [2.45, 2.75) is 13.0 Å². The first-order valence-corrected chi connectivity index (χ1v) is 10.9. The van der Waals surface area contributed by atoms with Crippen LogP contribution in [0.4, 0.5) is 11.4 Å². The van der Waals surface area contributed by atoms with Gasteiger partial charge in [-0.2, -0.15) is 5.10 Å². The van der Waals surface area contributed by atoms with Crippen molar-refractivity contribution in [1.29, 1.82) is 0 Å². The summed E-state index contributed by atoms with van der Waals surface area (Å²) in [6.45, 7) is 0.0752. The molecule has 0 saturated heterocycles. The van der Waals surface area contributed by atoms with Crippen molar-refractivity contribution in [1.82, 2.24) is 5.43 Å². The zero-order valence-corrected chi connectivity index (χ0v) is 19.9. The van der Waals surface area contributed by atoms with Gasteiger partial charge in [0.05, 0.1) is 34.1 Å². The van der Waals surface area contributed by atoms with Crippen molar-refractivity contribution in [2.24, 2.45) is 5.10 Å². The predicted octanol–water partition coefficient (Wildman–Crippen LogP) is 4.55. The lowest BCUT2D eigenvalue weighted by Gasteiger charge is -2.13. The molecule has 12 heteroatoms. The van der Waals surface area contributed by atoms with Gasteiger partial charge in [0.2, 0.25) is 5.91 Å². The maximum atomic E-state index is 12.2. The second-order valence-electron chi connectivity index (χ2n) is 7.11. The molecular formula is C23H19BrN4O7. The Morgan fingerprint density at radius 3 is 2.57 bits per heavy atom. The molecule has 3 aromatic rings. The van der Waals surface area contributed by atoms with Crippen molar-refractivity contribution in [3.8, 4) is 11.5 Å². The minimum absolute atomic E-state index is 0.0346. The van der Waals surface area contributed by atoms with Crippen LogP contribution in [-0.4, -0.2) is 29.1 Å². The van der Waals surface area contributed by atoms with E-state index >= 15 is 0 Å². The molecule has 0 saturated carbocycles. The third-order valence-corrected chi connectivity index (χ3v) is 5.29. The first kappa shape index (κ1) is 25.3. The molecule has 0 bridgehead atoms. The van der Waals surface area contributed by atoms with Crippen LogP contribution in [0, 0.1) is 20.2 Å². The molecule has 3 rings (SSSR count). The molecule has 0 aliphatic carbocycles. The molecule has 0 aromatic heterocycles. The van der Waals surface area contributed by atoms with Gasteiger partial charge in [-0.3, -0.25) is 25.0 Å². The van der Waals surface area contributed by atoms with E-state index in [0.29, 0.717) is 27.1 Å². The molecule has 0 atom stereocenters. The Balaban J connectivity index is 1.66. The second kappa shape index (κ2) is 11.7. The molecule has 180 valence electrons. The summed E-state index contributed by atoms with van der Waals surface area (Å²) in [5, 5.41) is 25.9. The van der Waals surface area contributed by atoms with E-state index in [9.17, 15) is 25.0 Å². The number of methoxy groups -OCH3 is 1. The van der Waals surface area contributed by atoms with E-state index in [1.807, 2.05) is 0 Å². The highest BCUT2D eigenvalue weighted by Gasteiger charge is 2.16. The Kier molecular flexibility index (Phi) is 8.46. The molecule has 1 amide bonds. The predicted molar refractivity (Wildman–Crippen MR) is 131 cm³/mol. The first-order chi connectivity index (χ1) is 16.8. The van der Waals surface area contributed by atoms with Gasteiger partial charge in [-0.1, -0.05) is 30.3 Å². The molecule has 0 heterocycles. The highest BCUT2D eigenvalue weighted by molar-refractivity contribution is 9.10. The number of para-hydroxylation sites is 1. The minimum Gasteiger partial charge on any atom is -0.493 e.